The number of benzene rings is 1. The molecule has 1 aromatic rings. The van der Waals surface area contributed by atoms with Gasteiger partial charge in [-0.05, 0) is 45.4 Å². The van der Waals surface area contributed by atoms with E-state index in [-0.39, 0.29) is 24.0 Å². The second kappa shape index (κ2) is 7.31. The molecule has 0 aromatic heterocycles. The number of rotatable bonds is 6. The summed E-state index contributed by atoms with van der Waals surface area (Å²) in [5, 5.41) is 6.12. The van der Waals surface area contributed by atoms with Gasteiger partial charge in [0.15, 0.2) is 11.5 Å². The first-order chi connectivity index (χ1) is 9.76. The molecule has 118 valence electrons. The summed E-state index contributed by atoms with van der Waals surface area (Å²) < 4.78 is 10.5. The van der Waals surface area contributed by atoms with Gasteiger partial charge in [0.2, 0.25) is 5.91 Å². The molecule has 0 heterocycles. The van der Waals surface area contributed by atoms with Crippen molar-refractivity contribution in [2.75, 3.05) is 20.8 Å². The van der Waals surface area contributed by atoms with E-state index in [1.165, 1.54) is 0 Å². The lowest BCUT2D eigenvalue weighted by Gasteiger charge is -2.22. The fraction of sp³-hybridized carbons (Fsp3) is 0.562. The van der Waals surface area contributed by atoms with Crippen molar-refractivity contribution >= 4 is 5.91 Å². The topological polar surface area (TPSA) is 59.6 Å². The third kappa shape index (κ3) is 5.63. The molecule has 5 heteroatoms. The molecule has 0 fully saturated rings. The highest BCUT2D eigenvalue weighted by Gasteiger charge is 2.15. The van der Waals surface area contributed by atoms with Crippen LogP contribution in [0.3, 0.4) is 0 Å². The van der Waals surface area contributed by atoms with Gasteiger partial charge in [0.1, 0.15) is 0 Å². The van der Waals surface area contributed by atoms with Crippen LogP contribution in [0.5, 0.6) is 11.5 Å². The van der Waals surface area contributed by atoms with Crippen molar-refractivity contribution < 1.29 is 14.3 Å². The zero-order valence-corrected chi connectivity index (χ0v) is 13.7. The minimum Gasteiger partial charge on any atom is -0.493 e. The van der Waals surface area contributed by atoms with Gasteiger partial charge in [-0.25, -0.2) is 0 Å². The van der Waals surface area contributed by atoms with Gasteiger partial charge in [0.25, 0.3) is 0 Å². The lowest BCUT2D eigenvalue weighted by atomic mass is 10.1. The van der Waals surface area contributed by atoms with Crippen LogP contribution < -0.4 is 20.1 Å². The van der Waals surface area contributed by atoms with E-state index in [4.69, 9.17) is 9.47 Å². The molecule has 0 radical (unpaired) electrons. The average molecular weight is 294 g/mol. The molecule has 21 heavy (non-hydrogen) atoms. The Balaban J connectivity index is 2.63. The molecule has 0 bridgehead atoms. The fourth-order valence-electron chi connectivity index (χ4n) is 1.95. The summed E-state index contributed by atoms with van der Waals surface area (Å²) in [7, 11) is 3.21. The van der Waals surface area contributed by atoms with Gasteiger partial charge in [-0.2, -0.15) is 0 Å². The van der Waals surface area contributed by atoms with Crippen molar-refractivity contribution in [2.45, 2.75) is 39.3 Å². The molecule has 1 amide bonds. The summed E-state index contributed by atoms with van der Waals surface area (Å²) in [5.41, 5.74) is 0.821. The van der Waals surface area contributed by atoms with Crippen LogP contribution >= 0.6 is 0 Å². The molecule has 1 aromatic carbocycles. The minimum atomic E-state index is -0.217. The maximum absolute atomic E-state index is 11.8. The van der Waals surface area contributed by atoms with Crippen LogP contribution in [0.25, 0.3) is 0 Å². The van der Waals surface area contributed by atoms with E-state index >= 15 is 0 Å². The molecule has 0 aliphatic rings. The number of ether oxygens (including phenoxy) is 2. The molecule has 2 N–H and O–H groups in total. The van der Waals surface area contributed by atoms with Crippen LogP contribution in [0.2, 0.25) is 0 Å². The third-order valence-electron chi connectivity index (χ3n) is 2.99. The smallest absolute Gasteiger partial charge is 0.234 e. The second-order valence-electron chi connectivity index (χ2n) is 6.02. The lowest BCUT2D eigenvalue weighted by Crippen LogP contribution is -2.45. The maximum atomic E-state index is 11.8. The first-order valence-electron chi connectivity index (χ1n) is 7.03. The van der Waals surface area contributed by atoms with Crippen molar-refractivity contribution in [1.29, 1.82) is 0 Å². The minimum absolute atomic E-state index is 0.0187. The highest BCUT2D eigenvalue weighted by molar-refractivity contribution is 5.78. The number of hydrogen-bond donors (Lipinski definition) is 2. The predicted molar refractivity (Wildman–Crippen MR) is 83.9 cm³/mol. The normalized spacial score (nSPS) is 12.7. The van der Waals surface area contributed by atoms with E-state index in [0.29, 0.717) is 11.5 Å². The Morgan fingerprint density at radius 1 is 1.19 bits per heavy atom. The summed E-state index contributed by atoms with van der Waals surface area (Å²) in [5.74, 6) is 1.36. The number of nitrogens with one attached hydrogen (secondary N) is 2. The van der Waals surface area contributed by atoms with Crippen LogP contribution in [-0.4, -0.2) is 32.2 Å². The number of methoxy groups -OCH3 is 2. The Morgan fingerprint density at radius 3 is 2.33 bits per heavy atom. The van der Waals surface area contributed by atoms with E-state index in [1.54, 1.807) is 14.2 Å². The fourth-order valence-corrected chi connectivity index (χ4v) is 1.95. The van der Waals surface area contributed by atoms with E-state index in [0.717, 1.165) is 5.56 Å². The number of amides is 1. The van der Waals surface area contributed by atoms with E-state index in [2.05, 4.69) is 10.6 Å². The highest BCUT2D eigenvalue weighted by Crippen LogP contribution is 2.29. The van der Waals surface area contributed by atoms with Crippen LogP contribution in [0.4, 0.5) is 0 Å². The van der Waals surface area contributed by atoms with Crippen molar-refractivity contribution in [2.24, 2.45) is 0 Å². The Bertz CT molecular complexity index is 481. The van der Waals surface area contributed by atoms with Crippen LogP contribution in [0.15, 0.2) is 18.2 Å². The molecule has 0 aliphatic carbocycles. The summed E-state index contributed by atoms with van der Waals surface area (Å²) in [6.07, 6.45) is 0. The highest BCUT2D eigenvalue weighted by atomic mass is 16.5. The van der Waals surface area contributed by atoms with Gasteiger partial charge in [-0.3, -0.25) is 4.79 Å². The molecule has 1 rings (SSSR count). The monoisotopic (exact) mass is 294 g/mol. The third-order valence-corrected chi connectivity index (χ3v) is 2.99. The first kappa shape index (κ1) is 17.3. The van der Waals surface area contributed by atoms with Crippen molar-refractivity contribution in [1.82, 2.24) is 10.6 Å². The molecule has 1 atom stereocenters. The number of carbonyl (C=O) groups excluding carboxylic acids is 1. The van der Waals surface area contributed by atoms with Gasteiger partial charge in [0.05, 0.1) is 20.8 Å². The van der Waals surface area contributed by atoms with Crippen molar-refractivity contribution in [3.05, 3.63) is 23.8 Å². The molecule has 0 saturated heterocycles. The number of carbonyl (C=O) groups is 1. The van der Waals surface area contributed by atoms with Gasteiger partial charge >= 0.3 is 0 Å². The van der Waals surface area contributed by atoms with Crippen LogP contribution in [0.1, 0.15) is 39.3 Å². The molecule has 0 saturated carbocycles. The second-order valence-corrected chi connectivity index (χ2v) is 6.02. The Hall–Kier alpha value is -1.75. The first-order valence-corrected chi connectivity index (χ1v) is 7.03. The van der Waals surface area contributed by atoms with Gasteiger partial charge in [0, 0.05) is 11.6 Å². The van der Waals surface area contributed by atoms with Crippen LogP contribution in [-0.2, 0) is 4.79 Å². The Labute approximate surface area is 127 Å². The van der Waals surface area contributed by atoms with E-state index in [1.807, 2.05) is 45.9 Å². The molecule has 1 unspecified atom stereocenters. The lowest BCUT2D eigenvalue weighted by molar-refractivity contribution is -0.121. The van der Waals surface area contributed by atoms with E-state index < -0.39 is 0 Å². The SMILES string of the molecule is COc1ccc(C(C)NCC(=O)NC(C)(C)C)cc1OC. The molecule has 5 nitrogen and oxygen atoms in total. The van der Waals surface area contributed by atoms with Crippen molar-refractivity contribution in [3.63, 3.8) is 0 Å². The van der Waals surface area contributed by atoms with Gasteiger partial charge in [-0.1, -0.05) is 6.07 Å². The van der Waals surface area contributed by atoms with Gasteiger partial charge < -0.3 is 20.1 Å². The zero-order chi connectivity index (χ0) is 16.0. The maximum Gasteiger partial charge on any atom is 0.234 e. The quantitative estimate of drug-likeness (QED) is 0.845. The van der Waals surface area contributed by atoms with Crippen molar-refractivity contribution in [3.8, 4) is 11.5 Å². The molecular weight excluding hydrogens is 268 g/mol. The average Bonchev–Trinajstić information content (AvgIpc) is 2.42. The zero-order valence-electron chi connectivity index (χ0n) is 13.7. The van der Waals surface area contributed by atoms with Gasteiger partial charge in [-0.15, -0.1) is 0 Å². The molecule has 0 spiro atoms. The summed E-state index contributed by atoms with van der Waals surface area (Å²) in [6.45, 7) is 8.16. The molecular formula is C16H26N2O3. The molecule has 0 aliphatic heterocycles. The standard InChI is InChI=1S/C16H26N2O3/c1-11(17-10-15(19)18-16(2,3)4)12-7-8-13(20-5)14(9-12)21-6/h7-9,11,17H,10H2,1-6H3,(H,18,19). The summed E-state index contributed by atoms with van der Waals surface area (Å²) in [4.78, 5) is 11.8. The largest absolute Gasteiger partial charge is 0.493 e. The summed E-state index contributed by atoms with van der Waals surface area (Å²) in [6, 6.07) is 5.77. The van der Waals surface area contributed by atoms with Crippen LogP contribution in [0, 0.1) is 0 Å². The van der Waals surface area contributed by atoms with E-state index in [9.17, 15) is 4.79 Å². The summed E-state index contributed by atoms with van der Waals surface area (Å²) >= 11 is 0. The Kier molecular flexibility index (Phi) is 6.03. The Morgan fingerprint density at radius 2 is 1.81 bits per heavy atom. The number of hydrogen-bond acceptors (Lipinski definition) is 4. The predicted octanol–water partition coefficient (Wildman–Crippen LogP) is 2.27.